The fraction of sp³-hybridized carbons (Fsp3) is 0.565. The molecule has 0 unspecified atom stereocenters. The summed E-state index contributed by atoms with van der Waals surface area (Å²) < 4.78 is 11.0. The maximum atomic E-state index is 12.6. The number of amides is 1. The van der Waals surface area contributed by atoms with Gasteiger partial charge in [0.1, 0.15) is 5.60 Å². The second kappa shape index (κ2) is 11.0. The summed E-state index contributed by atoms with van der Waals surface area (Å²) in [5.41, 5.74) is 0.518. The number of esters is 1. The van der Waals surface area contributed by atoms with Gasteiger partial charge in [0, 0.05) is 47.0 Å². The Balaban J connectivity index is 2.18. The van der Waals surface area contributed by atoms with Crippen molar-refractivity contribution in [3.8, 4) is 0 Å². The molecule has 10 heteroatoms. The van der Waals surface area contributed by atoms with Gasteiger partial charge in [-0.25, -0.2) is 9.59 Å². The zero-order valence-electron chi connectivity index (χ0n) is 19.9. The minimum absolute atomic E-state index is 0.00270. The summed E-state index contributed by atoms with van der Waals surface area (Å²) in [6, 6.07) is 4.26. The van der Waals surface area contributed by atoms with Crippen LogP contribution in [0.5, 0.6) is 0 Å². The van der Waals surface area contributed by atoms with Gasteiger partial charge >= 0.3 is 12.1 Å². The van der Waals surface area contributed by atoms with E-state index < -0.39 is 16.5 Å². The molecule has 0 aliphatic carbocycles. The van der Waals surface area contributed by atoms with Crippen molar-refractivity contribution in [2.75, 3.05) is 20.2 Å². The van der Waals surface area contributed by atoms with Crippen molar-refractivity contribution < 1.29 is 24.0 Å². The Bertz CT molecular complexity index is 933. The van der Waals surface area contributed by atoms with Gasteiger partial charge < -0.3 is 19.7 Å². The summed E-state index contributed by atoms with van der Waals surface area (Å²) in [6.07, 6.45) is 1.27. The third kappa shape index (κ3) is 7.18. The first kappa shape index (κ1) is 26.6. The standard InChI is InChI=1S/C23H32BrN3O6/c1-14(16-9-11-26(12-10-16)22(29)33-23(3,4)5)25-15(2)20(21(28)32-6)18-13-17(27(30)31)7-8-19(18)24/h7-8,13-14,16,25H,9-12H2,1-6H3/b20-15+/t14-/m1/s1. The highest BCUT2D eigenvalue weighted by Gasteiger charge is 2.30. The van der Waals surface area contributed by atoms with Crippen LogP contribution in [0.4, 0.5) is 10.5 Å². The number of nitrogens with one attached hydrogen (secondary N) is 1. The highest BCUT2D eigenvalue weighted by atomic mass is 79.9. The van der Waals surface area contributed by atoms with Crippen LogP contribution in [0.15, 0.2) is 28.4 Å². The molecule has 1 aromatic carbocycles. The molecular formula is C23H32BrN3O6. The van der Waals surface area contributed by atoms with Crippen LogP contribution in [0.2, 0.25) is 0 Å². The van der Waals surface area contributed by atoms with Crippen LogP contribution in [0.25, 0.3) is 5.57 Å². The third-order valence-electron chi connectivity index (χ3n) is 5.54. The van der Waals surface area contributed by atoms with Gasteiger partial charge in [-0.2, -0.15) is 0 Å². The lowest BCUT2D eigenvalue weighted by atomic mass is 9.90. The molecule has 0 spiro atoms. The second-order valence-corrected chi connectivity index (χ2v) is 10.0. The molecule has 1 fully saturated rings. The Morgan fingerprint density at radius 2 is 1.88 bits per heavy atom. The van der Waals surface area contributed by atoms with E-state index in [-0.39, 0.29) is 29.3 Å². The smallest absolute Gasteiger partial charge is 0.410 e. The van der Waals surface area contributed by atoms with Crippen LogP contribution in [-0.2, 0) is 14.3 Å². The predicted octanol–water partition coefficient (Wildman–Crippen LogP) is 4.89. The molecule has 0 bridgehead atoms. The second-order valence-electron chi connectivity index (χ2n) is 9.15. The molecule has 1 saturated heterocycles. The molecule has 1 aromatic rings. The Labute approximate surface area is 202 Å². The maximum Gasteiger partial charge on any atom is 0.410 e. The summed E-state index contributed by atoms with van der Waals surface area (Å²) in [7, 11) is 1.27. The van der Waals surface area contributed by atoms with E-state index in [1.165, 1.54) is 19.2 Å². The number of nitro benzene ring substituents is 1. The van der Waals surface area contributed by atoms with Crippen LogP contribution < -0.4 is 5.32 Å². The number of ether oxygens (including phenoxy) is 2. The molecule has 9 nitrogen and oxygen atoms in total. The molecule has 1 amide bonds. The summed E-state index contributed by atoms with van der Waals surface area (Å²) in [5.74, 6) is -0.320. The molecule has 1 atom stereocenters. The van der Waals surface area contributed by atoms with Gasteiger partial charge in [-0.15, -0.1) is 0 Å². The average molecular weight is 526 g/mol. The van der Waals surface area contributed by atoms with Crippen molar-refractivity contribution in [1.82, 2.24) is 10.2 Å². The Morgan fingerprint density at radius 1 is 1.27 bits per heavy atom. The number of rotatable bonds is 6. The highest BCUT2D eigenvalue weighted by Crippen LogP contribution is 2.31. The van der Waals surface area contributed by atoms with Gasteiger partial charge in [0.15, 0.2) is 0 Å². The van der Waals surface area contributed by atoms with Crippen LogP contribution in [-0.4, -0.2) is 53.7 Å². The zero-order chi connectivity index (χ0) is 24.9. The molecule has 1 aliphatic rings. The molecule has 1 N–H and O–H groups in total. The number of nitro groups is 1. The summed E-state index contributed by atoms with van der Waals surface area (Å²) in [4.78, 5) is 37.4. The summed E-state index contributed by atoms with van der Waals surface area (Å²) in [6.45, 7) is 10.5. The fourth-order valence-corrected chi connectivity index (χ4v) is 4.27. The number of non-ortho nitro benzene ring substituents is 1. The lowest BCUT2D eigenvalue weighted by Crippen LogP contribution is -2.45. The first-order chi connectivity index (χ1) is 15.3. The van der Waals surface area contributed by atoms with Gasteiger partial charge in [0.25, 0.3) is 5.69 Å². The topological polar surface area (TPSA) is 111 Å². The lowest BCUT2D eigenvalue weighted by Gasteiger charge is -2.36. The van der Waals surface area contributed by atoms with E-state index in [1.54, 1.807) is 17.9 Å². The van der Waals surface area contributed by atoms with E-state index in [4.69, 9.17) is 9.47 Å². The van der Waals surface area contributed by atoms with Crippen molar-refractivity contribution in [1.29, 1.82) is 0 Å². The normalized spacial score (nSPS) is 16.5. The molecule has 33 heavy (non-hydrogen) atoms. The van der Waals surface area contributed by atoms with E-state index in [1.807, 2.05) is 27.7 Å². The maximum absolute atomic E-state index is 12.6. The van der Waals surface area contributed by atoms with Crippen molar-refractivity contribution >= 4 is 39.3 Å². The number of benzene rings is 1. The Hall–Kier alpha value is -2.62. The number of likely N-dealkylation sites (tertiary alicyclic amines) is 1. The number of allylic oxidation sites excluding steroid dienone is 1. The van der Waals surface area contributed by atoms with Gasteiger partial charge in [0.05, 0.1) is 17.6 Å². The molecule has 0 aromatic heterocycles. The number of carbonyl (C=O) groups excluding carboxylic acids is 2. The number of hydrogen-bond acceptors (Lipinski definition) is 7. The number of methoxy groups -OCH3 is 1. The zero-order valence-corrected chi connectivity index (χ0v) is 21.5. The van der Waals surface area contributed by atoms with Crippen molar-refractivity contribution in [2.24, 2.45) is 5.92 Å². The summed E-state index contributed by atoms with van der Waals surface area (Å²) >= 11 is 3.39. The van der Waals surface area contributed by atoms with Gasteiger partial charge in [-0.1, -0.05) is 15.9 Å². The van der Waals surface area contributed by atoms with Crippen LogP contribution in [0.3, 0.4) is 0 Å². The monoisotopic (exact) mass is 525 g/mol. The van der Waals surface area contributed by atoms with Crippen molar-refractivity contribution in [2.45, 2.75) is 59.1 Å². The Morgan fingerprint density at radius 3 is 2.39 bits per heavy atom. The minimum Gasteiger partial charge on any atom is -0.465 e. The van der Waals surface area contributed by atoms with Crippen LogP contribution in [0.1, 0.15) is 53.0 Å². The van der Waals surface area contributed by atoms with Gasteiger partial charge in [0.2, 0.25) is 0 Å². The molecule has 1 heterocycles. The fourth-order valence-electron chi connectivity index (χ4n) is 3.83. The number of nitrogens with zero attached hydrogens (tertiary/aromatic N) is 2. The molecule has 182 valence electrons. The van der Waals surface area contributed by atoms with Gasteiger partial charge in [-0.3, -0.25) is 10.1 Å². The number of carbonyl (C=O) groups is 2. The molecule has 0 radical (unpaired) electrons. The van der Waals surface area contributed by atoms with E-state index in [2.05, 4.69) is 21.2 Å². The predicted molar refractivity (Wildman–Crippen MR) is 129 cm³/mol. The summed E-state index contributed by atoms with van der Waals surface area (Å²) in [5, 5.41) is 14.6. The molecule has 2 rings (SSSR count). The van der Waals surface area contributed by atoms with Crippen molar-refractivity contribution in [3.63, 3.8) is 0 Å². The quantitative estimate of drug-likeness (QED) is 0.243. The average Bonchev–Trinajstić information content (AvgIpc) is 2.73. The highest BCUT2D eigenvalue weighted by molar-refractivity contribution is 9.10. The number of hydrogen-bond donors (Lipinski definition) is 1. The molecule has 1 aliphatic heterocycles. The number of piperidine rings is 1. The largest absolute Gasteiger partial charge is 0.465 e. The minimum atomic E-state index is -0.590. The Kier molecular flexibility index (Phi) is 8.88. The van der Waals surface area contributed by atoms with E-state index >= 15 is 0 Å². The van der Waals surface area contributed by atoms with Gasteiger partial charge in [-0.05, 0) is 59.4 Å². The first-order valence-corrected chi connectivity index (χ1v) is 11.6. The van der Waals surface area contributed by atoms with Crippen LogP contribution in [0, 0.1) is 16.0 Å². The number of halogens is 1. The van der Waals surface area contributed by atoms with Crippen molar-refractivity contribution in [3.05, 3.63) is 44.0 Å². The lowest BCUT2D eigenvalue weighted by molar-refractivity contribution is -0.384. The molecular weight excluding hydrogens is 494 g/mol. The van der Waals surface area contributed by atoms with E-state index in [9.17, 15) is 19.7 Å². The van der Waals surface area contributed by atoms with E-state index in [0.29, 0.717) is 28.8 Å². The third-order valence-corrected chi connectivity index (χ3v) is 6.23. The SMILES string of the molecule is COC(=O)/C(=C(\C)N[C@H](C)C1CCN(C(=O)OC(C)(C)C)CC1)c1cc([N+](=O)[O-])ccc1Br. The van der Waals surface area contributed by atoms with E-state index in [0.717, 1.165) is 12.8 Å². The van der Waals surface area contributed by atoms with Crippen LogP contribution >= 0.6 is 15.9 Å². The molecule has 0 saturated carbocycles. The first-order valence-electron chi connectivity index (χ1n) is 10.8.